The molecule has 10 heteroatoms. The molecular formula is C18H17ClN2O4S3. The fourth-order valence-electron chi connectivity index (χ4n) is 2.64. The van der Waals surface area contributed by atoms with Crippen molar-refractivity contribution in [1.82, 2.24) is 9.71 Å². The highest BCUT2D eigenvalue weighted by Gasteiger charge is 2.31. The number of nitrogens with zero attached hydrogens (tertiary/aromatic N) is 1. The Bertz CT molecular complexity index is 1130. The SMILES string of the molecule is O=S(=O)(Cc1cccc(Cl)c1)NCC(c1cccnc1)S(=O)(=O)c1cccs1. The monoisotopic (exact) mass is 456 g/mol. The van der Waals surface area contributed by atoms with Gasteiger partial charge in [-0.3, -0.25) is 4.98 Å². The van der Waals surface area contributed by atoms with Gasteiger partial charge in [0.2, 0.25) is 10.0 Å². The number of aromatic nitrogens is 1. The van der Waals surface area contributed by atoms with Gasteiger partial charge in [0, 0.05) is 24.0 Å². The predicted molar refractivity (Wildman–Crippen MR) is 111 cm³/mol. The molecule has 0 amide bonds. The van der Waals surface area contributed by atoms with Crippen LogP contribution in [-0.2, 0) is 25.6 Å². The average molecular weight is 457 g/mol. The molecule has 2 aromatic heterocycles. The quantitative estimate of drug-likeness (QED) is 0.560. The van der Waals surface area contributed by atoms with Crippen molar-refractivity contribution in [3.63, 3.8) is 0 Å². The normalized spacial score (nSPS) is 13.3. The van der Waals surface area contributed by atoms with Crippen LogP contribution in [0.25, 0.3) is 0 Å². The van der Waals surface area contributed by atoms with Crippen molar-refractivity contribution in [2.75, 3.05) is 6.54 Å². The second kappa shape index (κ2) is 8.71. The first kappa shape index (κ1) is 20.9. The first-order chi connectivity index (χ1) is 13.3. The molecular weight excluding hydrogens is 440 g/mol. The number of nitrogens with one attached hydrogen (secondary N) is 1. The van der Waals surface area contributed by atoms with Gasteiger partial charge in [-0.15, -0.1) is 11.3 Å². The number of benzene rings is 1. The van der Waals surface area contributed by atoms with Gasteiger partial charge in [-0.1, -0.05) is 35.9 Å². The van der Waals surface area contributed by atoms with Gasteiger partial charge in [0.15, 0.2) is 9.84 Å². The highest BCUT2D eigenvalue weighted by Crippen LogP contribution is 2.31. The molecule has 0 saturated heterocycles. The molecule has 3 aromatic rings. The van der Waals surface area contributed by atoms with E-state index >= 15 is 0 Å². The first-order valence-corrected chi connectivity index (χ1v) is 12.6. The van der Waals surface area contributed by atoms with Gasteiger partial charge in [-0.05, 0) is 40.8 Å². The maximum Gasteiger partial charge on any atom is 0.215 e. The zero-order valence-corrected chi connectivity index (χ0v) is 17.7. The molecule has 0 fully saturated rings. The smallest absolute Gasteiger partial charge is 0.215 e. The fourth-order valence-corrected chi connectivity index (χ4v) is 6.95. The van der Waals surface area contributed by atoms with Gasteiger partial charge < -0.3 is 0 Å². The molecule has 2 heterocycles. The minimum atomic E-state index is -3.78. The summed E-state index contributed by atoms with van der Waals surface area (Å²) < 4.78 is 53.7. The molecule has 148 valence electrons. The molecule has 3 rings (SSSR count). The molecule has 28 heavy (non-hydrogen) atoms. The van der Waals surface area contributed by atoms with E-state index in [0.717, 1.165) is 11.3 Å². The third kappa shape index (κ3) is 5.18. The molecule has 0 spiro atoms. The Morgan fingerprint density at radius 3 is 2.54 bits per heavy atom. The zero-order valence-electron chi connectivity index (χ0n) is 14.5. The number of hydrogen-bond acceptors (Lipinski definition) is 6. The van der Waals surface area contributed by atoms with Crippen molar-refractivity contribution in [2.24, 2.45) is 0 Å². The highest BCUT2D eigenvalue weighted by atomic mass is 35.5. The van der Waals surface area contributed by atoms with Gasteiger partial charge >= 0.3 is 0 Å². The molecule has 0 aliphatic carbocycles. The van der Waals surface area contributed by atoms with Gasteiger partial charge in [-0.2, -0.15) is 0 Å². The Morgan fingerprint density at radius 2 is 1.89 bits per heavy atom. The Kier molecular flexibility index (Phi) is 6.51. The molecule has 1 aromatic carbocycles. The molecule has 6 nitrogen and oxygen atoms in total. The third-order valence-corrected chi connectivity index (χ3v) is 9.03. The molecule has 0 aliphatic rings. The van der Waals surface area contributed by atoms with Crippen molar-refractivity contribution < 1.29 is 16.8 Å². The van der Waals surface area contributed by atoms with Gasteiger partial charge in [-0.25, -0.2) is 21.6 Å². The minimum absolute atomic E-state index is 0.176. The third-order valence-electron chi connectivity index (χ3n) is 3.94. The topological polar surface area (TPSA) is 93.2 Å². The summed E-state index contributed by atoms with van der Waals surface area (Å²) in [7, 11) is -7.56. The minimum Gasteiger partial charge on any atom is -0.264 e. The lowest BCUT2D eigenvalue weighted by Crippen LogP contribution is -2.32. The number of sulfonamides is 1. The van der Waals surface area contributed by atoms with E-state index in [1.54, 1.807) is 47.8 Å². The lowest BCUT2D eigenvalue weighted by atomic mass is 10.2. The van der Waals surface area contributed by atoms with Crippen LogP contribution < -0.4 is 4.72 Å². The van der Waals surface area contributed by atoms with E-state index < -0.39 is 25.1 Å². The Labute approximate surface area is 173 Å². The summed E-state index contributed by atoms with van der Waals surface area (Å²) in [6.45, 7) is -0.297. The Morgan fingerprint density at radius 1 is 1.07 bits per heavy atom. The van der Waals surface area contributed by atoms with Crippen molar-refractivity contribution in [1.29, 1.82) is 0 Å². The number of hydrogen-bond donors (Lipinski definition) is 1. The summed E-state index contributed by atoms with van der Waals surface area (Å²) in [5.74, 6) is -0.299. The van der Waals surface area contributed by atoms with Crippen molar-refractivity contribution in [2.45, 2.75) is 15.2 Å². The average Bonchev–Trinajstić information content (AvgIpc) is 3.17. The molecule has 1 unspecified atom stereocenters. The van der Waals surface area contributed by atoms with Gasteiger partial charge in [0.25, 0.3) is 0 Å². The number of halogens is 1. The van der Waals surface area contributed by atoms with Crippen LogP contribution in [0.3, 0.4) is 0 Å². The van der Waals surface area contributed by atoms with Crippen LogP contribution in [0.2, 0.25) is 5.02 Å². The van der Waals surface area contributed by atoms with Crippen molar-refractivity contribution >= 4 is 42.8 Å². The summed E-state index contributed by atoms with van der Waals surface area (Å²) >= 11 is 6.99. The Hall–Kier alpha value is -1.78. The van der Waals surface area contributed by atoms with E-state index in [1.165, 1.54) is 18.5 Å². The fraction of sp³-hybridized carbons (Fsp3) is 0.167. The van der Waals surface area contributed by atoms with Crippen LogP contribution in [-0.4, -0.2) is 28.4 Å². The zero-order chi connectivity index (χ0) is 20.2. The second-order valence-electron chi connectivity index (χ2n) is 5.99. The maximum absolute atomic E-state index is 13.0. The van der Waals surface area contributed by atoms with Crippen molar-refractivity contribution in [3.05, 3.63) is 82.5 Å². The molecule has 0 bridgehead atoms. The lowest BCUT2D eigenvalue weighted by molar-refractivity contribution is 0.569. The van der Waals surface area contributed by atoms with E-state index in [0.29, 0.717) is 16.1 Å². The summed E-state index contributed by atoms with van der Waals surface area (Å²) in [4.78, 5) is 3.97. The van der Waals surface area contributed by atoms with Crippen LogP contribution in [0.1, 0.15) is 16.4 Å². The molecule has 0 aliphatic heterocycles. The summed E-state index contributed by atoms with van der Waals surface area (Å²) in [6.07, 6.45) is 2.96. The summed E-state index contributed by atoms with van der Waals surface area (Å²) in [6, 6.07) is 12.9. The number of sulfone groups is 1. The van der Waals surface area contributed by atoms with Crippen LogP contribution in [0.15, 0.2) is 70.5 Å². The van der Waals surface area contributed by atoms with Crippen LogP contribution >= 0.6 is 22.9 Å². The van der Waals surface area contributed by atoms with Crippen LogP contribution in [0, 0.1) is 0 Å². The summed E-state index contributed by atoms with van der Waals surface area (Å²) in [5.41, 5.74) is 0.931. The first-order valence-electron chi connectivity index (χ1n) is 8.17. The van der Waals surface area contributed by atoms with E-state index in [-0.39, 0.29) is 16.5 Å². The van der Waals surface area contributed by atoms with Crippen molar-refractivity contribution in [3.8, 4) is 0 Å². The van der Waals surface area contributed by atoms with E-state index in [2.05, 4.69) is 9.71 Å². The van der Waals surface area contributed by atoms with E-state index in [1.807, 2.05) is 0 Å². The second-order valence-corrected chi connectivity index (χ2v) is 11.5. The van der Waals surface area contributed by atoms with Gasteiger partial charge in [0.1, 0.15) is 9.46 Å². The highest BCUT2D eigenvalue weighted by molar-refractivity contribution is 7.93. The number of pyridine rings is 1. The van der Waals surface area contributed by atoms with Crippen LogP contribution in [0.4, 0.5) is 0 Å². The van der Waals surface area contributed by atoms with E-state index in [9.17, 15) is 16.8 Å². The standard InChI is InChI=1S/C18H17ClN2O4S3/c19-16-6-1-4-14(10-16)13-27(22,23)21-12-17(15-5-2-8-20-11-15)28(24,25)18-7-3-9-26-18/h1-11,17,21H,12-13H2. The molecule has 1 N–H and O–H groups in total. The molecule has 1 atom stereocenters. The molecule has 0 radical (unpaired) electrons. The number of thiophene rings is 1. The van der Waals surface area contributed by atoms with Crippen LogP contribution in [0.5, 0.6) is 0 Å². The predicted octanol–water partition coefficient (Wildman–Crippen LogP) is 3.43. The maximum atomic E-state index is 13.0. The van der Waals surface area contributed by atoms with E-state index in [4.69, 9.17) is 11.6 Å². The van der Waals surface area contributed by atoms with Gasteiger partial charge in [0.05, 0.1) is 5.75 Å². The Balaban J connectivity index is 1.84. The lowest BCUT2D eigenvalue weighted by Gasteiger charge is -2.18. The summed E-state index contributed by atoms with van der Waals surface area (Å²) in [5, 5.41) is 1.01. The number of rotatable bonds is 8. The molecule has 0 saturated carbocycles. The largest absolute Gasteiger partial charge is 0.264 e.